The van der Waals surface area contributed by atoms with Crippen LogP contribution in [0.1, 0.15) is 30.1 Å². The zero-order chi connectivity index (χ0) is 11.5. The Kier molecular flexibility index (Phi) is 3.00. The topological polar surface area (TPSA) is 34.1 Å². The van der Waals surface area contributed by atoms with Crippen LogP contribution >= 0.6 is 0 Å². The highest BCUT2D eigenvalue weighted by atomic mass is 16.1. The van der Waals surface area contributed by atoms with E-state index < -0.39 is 0 Å². The van der Waals surface area contributed by atoms with Gasteiger partial charge in [-0.3, -0.25) is 9.59 Å². The number of allylic oxidation sites excluding steroid dienone is 2. The summed E-state index contributed by atoms with van der Waals surface area (Å²) in [5.74, 6) is 0.372. The number of carbonyl (C=O) groups excluding carboxylic acids is 2. The fourth-order valence-corrected chi connectivity index (χ4v) is 2.03. The number of Topliss-reactive ketones (excluding diaryl/α,β-unsaturated/α-hetero) is 1. The number of benzene rings is 1. The molecule has 1 aliphatic rings. The highest BCUT2D eigenvalue weighted by Crippen LogP contribution is 2.27. The summed E-state index contributed by atoms with van der Waals surface area (Å²) in [5, 5.41) is 0. The number of hydrogen-bond donors (Lipinski definition) is 0. The molecule has 0 spiro atoms. The first-order valence-corrected chi connectivity index (χ1v) is 5.46. The molecule has 16 heavy (non-hydrogen) atoms. The minimum Gasteiger partial charge on any atom is -0.295 e. The van der Waals surface area contributed by atoms with Crippen molar-refractivity contribution in [2.75, 3.05) is 0 Å². The Morgan fingerprint density at radius 3 is 2.56 bits per heavy atom. The molecular formula is C14H14O2. The quantitative estimate of drug-likeness (QED) is 0.725. The highest BCUT2D eigenvalue weighted by Gasteiger charge is 2.24. The van der Waals surface area contributed by atoms with Gasteiger partial charge in [-0.25, -0.2) is 0 Å². The van der Waals surface area contributed by atoms with E-state index >= 15 is 0 Å². The van der Waals surface area contributed by atoms with Crippen molar-refractivity contribution in [1.82, 2.24) is 0 Å². The zero-order valence-electron chi connectivity index (χ0n) is 9.27. The average molecular weight is 214 g/mol. The van der Waals surface area contributed by atoms with E-state index in [1.165, 1.54) is 0 Å². The molecule has 0 N–H and O–H groups in total. The molecule has 1 aromatic rings. The van der Waals surface area contributed by atoms with Gasteiger partial charge in [-0.1, -0.05) is 35.9 Å². The third-order valence-electron chi connectivity index (χ3n) is 3.01. The molecule has 0 unspecified atom stereocenters. The van der Waals surface area contributed by atoms with Crippen LogP contribution in [0, 0.1) is 5.92 Å². The molecule has 2 heteroatoms. The van der Waals surface area contributed by atoms with Crippen LogP contribution in [0.4, 0.5) is 0 Å². The molecule has 1 aromatic carbocycles. The second kappa shape index (κ2) is 4.44. The second-order valence-electron chi connectivity index (χ2n) is 4.25. The van der Waals surface area contributed by atoms with E-state index in [4.69, 9.17) is 0 Å². The largest absolute Gasteiger partial charge is 0.295 e. The molecule has 2 nitrogen and oxygen atoms in total. The fourth-order valence-electron chi connectivity index (χ4n) is 2.03. The van der Waals surface area contributed by atoms with Crippen molar-refractivity contribution in [2.24, 2.45) is 5.92 Å². The molecule has 1 atom stereocenters. The molecule has 0 aromatic heterocycles. The highest BCUT2D eigenvalue weighted by molar-refractivity contribution is 5.98. The maximum Gasteiger partial charge on any atom is 0.163 e. The van der Waals surface area contributed by atoms with Gasteiger partial charge >= 0.3 is 0 Å². The molecule has 0 saturated heterocycles. The summed E-state index contributed by atoms with van der Waals surface area (Å²) >= 11 is 0. The van der Waals surface area contributed by atoms with Gasteiger partial charge in [0.1, 0.15) is 0 Å². The Morgan fingerprint density at radius 2 is 2.00 bits per heavy atom. The van der Waals surface area contributed by atoms with E-state index in [0.29, 0.717) is 12.8 Å². The summed E-state index contributed by atoms with van der Waals surface area (Å²) < 4.78 is 0. The molecular weight excluding hydrogens is 200 g/mol. The Morgan fingerprint density at radius 1 is 1.31 bits per heavy atom. The SMILES string of the molecule is CC1=CC(=O)C[C@@H]1CC(=O)c1ccccc1. The lowest BCUT2D eigenvalue weighted by Gasteiger charge is -2.09. The summed E-state index contributed by atoms with van der Waals surface area (Å²) in [5.41, 5.74) is 1.77. The van der Waals surface area contributed by atoms with Gasteiger partial charge in [-0.2, -0.15) is 0 Å². The Hall–Kier alpha value is -1.70. The Balaban J connectivity index is 2.04. The van der Waals surface area contributed by atoms with E-state index in [1.54, 1.807) is 6.08 Å². The number of rotatable bonds is 3. The normalized spacial score (nSPS) is 19.7. The smallest absolute Gasteiger partial charge is 0.163 e. The van der Waals surface area contributed by atoms with Crippen molar-refractivity contribution in [1.29, 1.82) is 0 Å². The van der Waals surface area contributed by atoms with E-state index in [1.807, 2.05) is 37.3 Å². The Labute approximate surface area is 95.0 Å². The summed E-state index contributed by atoms with van der Waals surface area (Å²) in [6.45, 7) is 1.92. The van der Waals surface area contributed by atoms with Crippen molar-refractivity contribution in [2.45, 2.75) is 19.8 Å². The number of ketones is 2. The van der Waals surface area contributed by atoms with Crippen LogP contribution in [-0.4, -0.2) is 11.6 Å². The lowest BCUT2D eigenvalue weighted by molar-refractivity contribution is -0.114. The van der Waals surface area contributed by atoms with Crippen LogP contribution in [0.2, 0.25) is 0 Å². The van der Waals surface area contributed by atoms with E-state index in [9.17, 15) is 9.59 Å². The third-order valence-corrected chi connectivity index (χ3v) is 3.01. The maximum absolute atomic E-state index is 11.9. The first-order chi connectivity index (χ1) is 7.66. The first kappa shape index (κ1) is 10.8. The molecule has 82 valence electrons. The summed E-state index contributed by atoms with van der Waals surface area (Å²) in [4.78, 5) is 23.1. The lowest BCUT2D eigenvalue weighted by atomic mass is 9.93. The molecule has 0 radical (unpaired) electrons. The number of carbonyl (C=O) groups is 2. The van der Waals surface area contributed by atoms with E-state index in [0.717, 1.165) is 11.1 Å². The predicted molar refractivity (Wildman–Crippen MR) is 62.3 cm³/mol. The molecule has 0 amide bonds. The van der Waals surface area contributed by atoms with Crippen molar-refractivity contribution in [3.8, 4) is 0 Å². The summed E-state index contributed by atoms with van der Waals surface area (Å²) in [6, 6.07) is 9.24. The number of hydrogen-bond acceptors (Lipinski definition) is 2. The van der Waals surface area contributed by atoms with Crippen molar-refractivity contribution in [3.63, 3.8) is 0 Å². The minimum absolute atomic E-state index is 0.111. The van der Waals surface area contributed by atoms with Crippen LogP contribution in [0.15, 0.2) is 42.0 Å². The molecule has 0 heterocycles. The van der Waals surface area contributed by atoms with Crippen molar-refractivity contribution in [3.05, 3.63) is 47.5 Å². The van der Waals surface area contributed by atoms with Gasteiger partial charge in [0, 0.05) is 18.4 Å². The lowest BCUT2D eigenvalue weighted by Crippen LogP contribution is -2.08. The summed E-state index contributed by atoms with van der Waals surface area (Å²) in [7, 11) is 0. The molecule has 0 fully saturated rings. The molecule has 0 bridgehead atoms. The van der Waals surface area contributed by atoms with Gasteiger partial charge in [0.15, 0.2) is 11.6 Å². The van der Waals surface area contributed by atoms with Gasteiger partial charge in [0.05, 0.1) is 0 Å². The second-order valence-corrected chi connectivity index (χ2v) is 4.25. The fraction of sp³-hybridized carbons (Fsp3) is 0.286. The average Bonchev–Trinajstić information content (AvgIpc) is 2.59. The van der Waals surface area contributed by atoms with Crippen molar-refractivity contribution >= 4 is 11.6 Å². The minimum atomic E-state index is 0.111. The predicted octanol–water partition coefficient (Wildman–Crippen LogP) is 2.79. The first-order valence-electron chi connectivity index (χ1n) is 5.46. The van der Waals surface area contributed by atoms with Crippen LogP contribution in [0.3, 0.4) is 0 Å². The third kappa shape index (κ3) is 2.27. The van der Waals surface area contributed by atoms with Gasteiger partial charge in [0.25, 0.3) is 0 Å². The van der Waals surface area contributed by atoms with Crippen LogP contribution in [0.5, 0.6) is 0 Å². The van der Waals surface area contributed by atoms with Gasteiger partial charge in [-0.05, 0) is 18.9 Å². The molecule has 0 saturated carbocycles. The Bertz CT molecular complexity index is 443. The van der Waals surface area contributed by atoms with Crippen LogP contribution in [0.25, 0.3) is 0 Å². The zero-order valence-corrected chi connectivity index (χ0v) is 9.27. The molecule has 2 rings (SSSR count). The standard InChI is InChI=1S/C14H14O2/c1-10-7-13(15)8-12(10)9-14(16)11-5-3-2-4-6-11/h2-7,12H,8-9H2,1H3/t12-/m1/s1. The molecule has 1 aliphatic carbocycles. The van der Waals surface area contributed by atoms with Crippen LogP contribution < -0.4 is 0 Å². The molecule has 0 aliphatic heterocycles. The van der Waals surface area contributed by atoms with Gasteiger partial charge in [0.2, 0.25) is 0 Å². The van der Waals surface area contributed by atoms with Gasteiger partial charge in [-0.15, -0.1) is 0 Å². The maximum atomic E-state index is 11.9. The van der Waals surface area contributed by atoms with E-state index in [-0.39, 0.29) is 17.5 Å². The van der Waals surface area contributed by atoms with Gasteiger partial charge < -0.3 is 0 Å². The van der Waals surface area contributed by atoms with Crippen molar-refractivity contribution < 1.29 is 9.59 Å². The van der Waals surface area contributed by atoms with Crippen LogP contribution in [-0.2, 0) is 4.79 Å². The van der Waals surface area contributed by atoms with E-state index in [2.05, 4.69) is 0 Å². The summed E-state index contributed by atoms with van der Waals surface area (Å²) in [6.07, 6.45) is 2.59. The monoisotopic (exact) mass is 214 g/mol.